The highest BCUT2D eigenvalue weighted by atomic mass is 16.2. The quantitative estimate of drug-likeness (QED) is 0.786. The number of aromatic nitrogens is 2. The topological polar surface area (TPSA) is 67.2 Å². The first-order chi connectivity index (χ1) is 12.4. The fourth-order valence-electron chi connectivity index (χ4n) is 2.86. The Balaban J connectivity index is 1.82. The smallest absolute Gasteiger partial charge is 0.261 e. The lowest BCUT2D eigenvalue weighted by atomic mass is 10.1. The van der Waals surface area contributed by atoms with Crippen molar-refractivity contribution in [1.29, 1.82) is 0 Å². The van der Waals surface area contributed by atoms with Gasteiger partial charge in [-0.2, -0.15) is 0 Å². The molecule has 0 saturated heterocycles. The first kappa shape index (κ1) is 17.7. The number of rotatable bonds is 4. The highest BCUT2D eigenvalue weighted by Crippen LogP contribution is 2.21. The van der Waals surface area contributed by atoms with Gasteiger partial charge in [0.1, 0.15) is 6.54 Å². The summed E-state index contributed by atoms with van der Waals surface area (Å²) in [5.41, 5.74) is 4.15. The Morgan fingerprint density at radius 2 is 1.92 bits per heavy atom. The van der Waals surface area contributed by atoms with Crippen LogP contribution in [0.5, 0.6) is 0 Å². The molecule has 6 heteroatoms. The first-order valence-electron chi connectivity index (χ1n) is 8.39. The molecule has 1 aromatic heterocycles. The second kappa shape index (κ2) is 7.00. The van der Waals surface area contributed by atoms with E-state index in [0.29, 0.717) is 10.9 Å². The molecule has 0 spiro atoms. The van der Waals surface area contributed by atoms with Gasteiger partial charge >= 0.3 is 0 Å². The Kier molecular flexibility index (Phi) is 4.75. The minimum absolute atomic E-state index is 0.0788. The fourth-order valence-corrected chi connectivity index (χ4v) is 2.86. The Bertz CT molecular complexity index is 1040. The zero-order valence-electron chi connectivity index (χ0n) is 15.4. The van der Waals surface area contributed by atoms with E-state index in [1.807, 2.05) is 63.2 Å². The number of para-hydroxylation sites is 1. The van der Waals surface area contributed by atoms with Crippen molar-refractivity contribution in [3.63, 3.8) is 0 Å². The van der Waals surface area contributed by atoms with Crippen LogP contribution < -0.4 is 15.8 Å². The number of fused-ring (bicyclic) bond motifs is 1. The van der Waals surface area contributed by atoms with Crippen molar-refractivity contribution in [2.45, 2.75) is 20.4 Å². The maximum Gasteiger partial charge on any atom is 0.261 e. The van der Waals surface area contributed by atoms with Crippen LogP contribution in [0.3, 0.4) is 0 Å². The second-order valence-electron chi connectivity index (χ2n) is 6.59. The molecular formula is C20H22N4O2. The largest absolute Gasteiger partial charge is 0.378 e. The van der Waals surface area contributed by atoms with Crippen LogP contribution in [0, 0.1) is 13.8 Å². The molecule has 6 nitrogen and oxygen atoms in total. The van der Waals surface area contributed by atoms with Crippen LogP contribution in [-0.4, -0.2) is 29.6 Å². The van der Waals surface area contributed by atoms with Crippen LogP contribution in [0.2, 0.25) is 0 Å². The van der Waals surface area contributed by atoms with Gasteiger partial charge in [0, 0.05) is 25.5 Å². The van der Waals surface area contributed by atoms with Crippen LogP contribution in [0.15, 0.2) is 47.5 Å². The van der Waals surface area contributed by atoms with Crippen molar-refractivity contribution in [3.05, 3.63) is 64.2 Å². The Morgan fingerprint density at radius 1 is 1.15 bits per heavy atom. The van der Waals surface area contributed by atoms with Crippen LogP contribution in [0.25, 0.3) is 10.9 Å². The van der Waals surface area contributed by atoms with Gasteiger partial charge in [0.2, 0.25) is 5.91 Å². The molecule has 3 aromatic rings. The highest BCUT2D eigenvalue weighted by Gasteiger charge is 2.11. The van der Waals surface area contributed by atoms with Gasteiger partial charge in [-0.1, -0.05) is 12.1 Å². The predicted molar refractivity (Wildman–Crippen MR) is 105 cm³/mol. The molecular weight excluding hydrogens is 328 g/mol. The lowest BCUT2D eigenvalue weighted by molar-refractivity contribution is -0.116. The van der Waals surface area contributed by atoms with Gasteiger partial charge in [-0.3, -0.25) is 14.2 Å². The summed E-state index contributed by atoms with van der Waals surface area (Å²) in [4.78, 5) is 31.3. The number of carbonyl (C=O) groups excluding carboxylic acids is 1. The zero-order valence-corrected chi connectivity index (χ0v) is 15.4. The van der Waals surface area contributed by atoms with Crippen molar-refractivity contribution in [1.82, 2.24) is 9.55 Å². The Hall–Kier alpha value is -3.15. The van der Waals surface area contributed by atoms with Gasteiger partial charge in [-0.25, -0.2) is 4.98 Å². The van der Waals surface area contributed by atoms with Gasteiger partial charge < -0.3 is 10.2 Å². The number of nitrogens with zero attached hydrogens (tertiary/aromatic N) is 3. The first-order valence-corrected chi connectivity index (χ1v) is 8.39. The monoisotopic (exact) mass is 350 g/mol. The number of carbonyl (C=O) groups is 1. The standard InChI is InChI=1S/C20H22N4O2/c1-13-6-5-7-16-19(13)21-12-24(20(16)26)11-18(25)22-17-9-8-15(23(3)4)10-14(17)2/h5-10,12H,11H2,1-4H3,(H,22,25). The van der Waals surface area contributed by atoms with Crippen LogP contribution >= 0.6 is 0 Å². The van der Waals surface area contributed by atoms with Gasteiger partial charge in [-0.15, -0.1) is 0 Å². The van der Waals surface area contributed by atoms with E-state index < -0.39 is 0 Å². The Morgan fingerprint density at radius 3 is 2.62 bits per heavy atom. The summed E-state index contributed by atoms with van der Waals surface area (Å²) in [6.45, 7) is 3.77. The molecule has 0 atom stereocenters. The number of nitrogens with one attached hydrogen (secondary N) is 1. The third-order valence-corrected chi connectivity index (χ3v) is 4.37. The van der Waals surface area contributed by atoms with E-state index in [1.54, 1.807) is 6.07 Å². The maximum absolute atomic E-state index is 12.6. The SMILES string of the molecule is Cc1cc(N(C)C)ccc1NC(=O)Cn1cnc2c(C)cccc2c1=O. The van der Waals surface area contributed by atoms with E-state index in [1.165, 1.54) is 10.9 Å². The van der Waals surface area contributed by atoms with Crippen molar-refractivity contribution in [2.24, 2.45) is 0 Å². The second-order valence-corrected chi connectivity index (χ2v) is 6.59. The van der Waals surface area contributed by atoms with E-state index in [2.05, 4.69) is 10.3 Å². The molecule has 0 saturated carbocycles. The van der Waals surface area contributed by atoms with Crippen molar-refractivity contribution < 1.29 is 4.79 Å². The average Bonchev–Trinajstić information content (AvgIpc) is 2.59. The molecule has 0 unspecified atom stereocenters. The molecule has 0 radical (unpaired) electrons. The lowest BCUT2D eigenvalue weighted by Gasteiger charge is -2.15. The van der Waals surface area contributed by atoms with Crippen LogP contribution in [0.4, 0.5) is 11.4 Å². The van der Waals surface area contributed by atoms with Gasteiger partial charge in [-0.05, 0) is 49.2 Å². The van der Waals surface area contributed by atoms with Crippen molar-refractivity contribution in [2.75, 3.05) is 24.3 Å². The fraction of sp³-hybridized carbons (Fsp3) is 0.250. The molecule has 1 amide bonds. The minimum atomic E-state index is -0.262. The van der Waals surface area contributed by atoms with Crippen LogP contribution in [-0.2, 0) is 11.3 Å². The van der Waals surface area contributed by atoms with E-state index in [-0.39, 0.29) is 18.0 Å². The molecule has 1 heterocycles. The summed E-state index contributed by atoms with van der Waals surface area (Å²) in [6.07, 6.45) is 1.43. The molecule has 26 heavy (non-hydrogen) atoms. The molecule has 3 rings (SSSR count). The number of hydrogen-bond acceptors (Lipinski definition) is 4. The van der Waals surface area contributed by atoms with Crippen molar-refractivity contribution in [3.8, 4) is 0 Å². The van der Waals surface area contributed by atoms with E-state index in [9.17, 15) is 9.59 Å². The number of anilines is 2. The Labute approximate surface area is 152 Å². The molecule has 2 aromatic carbocycles. The van der Waals surface area contributed by atoms with Gasteiger partial charge in [0.15, 0.2) is 0 Å². The van der Waals surface area contributed by atoms with E-state index >= 15 is 0 Å². The molecule has 134 valence electrons. The molecule has 0 fully saturated rings. The summed E-state index contributed by atoms with van der Waals surface area (Å²) in [7, 11) is 3.93. The predicted octanol–water partition coefficient (Wildman–Crippen LogP) is 2.72. The number of benzene rings is 2. The van der Waals surface area contributed by atoms with Crippen LogP contribution in [0.1, 0.15) is 11.1 Å². The third-order valence-electron chi connectivity index (χ3n) is 4.37. The minimum Gasteiger partial charge on any atom is -0.378 e. The van der Waals surface area contributed by atoms with E-state index in [4.69, 9.17) is 0 Å². The number of hydrogen-bond donors (Lipinski definition) is 1. The van der Waals surface area contributed by atoms with E-state index in [0.717, 1.165) is 22.5 Å². The molecule has 1 N–H and O–H groups in total. The summed E-state index contributed by atoms with van der Waals surface area (Å²) in [5.74, 6) is -0.262. The molecule has 0 bridgehead atoms. The molecule has 0 aliphatic carbocycles. The lowest BCUT2D eigenvalue weighted by Crippen LogP contribution is -2.28. The maximum atomic E-state index is 12.6. The summed E-state index contributed by atoms with van der Waals surface area (Å²) >= 11 is 0. The zero-order chi connectivity index (χ0) is 18.8. The summed E-state index contributed by atoms with van der Waals surface area (Å²) in [6, 6.07) is 11.3. The highest BCUT2D eigenvalue weighted by molar-refractivity contribution is 5.92. The third kappa shape index (κ3) is 3.44. The number of aryl methyl sites for hydroxylation is 2. The normalized spacial score (nSPS) is 10.8. The average molecular weight is 350 g/mol. The summed E-state index contributed by atoms with van der Waals surface area (Å²) < 4.78 is 1.33. The van der Waals surface area contributed by atoms with Gasteiger partial charge in [0.25, 0.3) is 5.56 Å². The summed E-state index contributed by atoms with van der Waals surface area (Å²) in [5, 5.41) is 3.39. The molecule has 0 aliphatic rings. The van der Waals surface area contributed by atoms with Crippen molar-refractivity contribution >= 4 is 28.2 Å². The molecule has 0 aliphatic heterocycles. The number of amides is 1. The van der Waals surface area contributed by atoms with Gasteiger partial charge in [0.05, 0.1) is 17.2 Å².